The van der Waals surface area contributed by atoms with Crippen molar-refractivity contribution in [2.75, 3.05) is 6.54 Å². The van der Waals surface area contributed by atoms with Crippen LogP contribution in [-0.2, 0) is 12.8 Å². The molecule has 126 valence electrons. The molecule has 0 radical (unpaired) electrons. The number of nitrogens with one attached hydrogen (secondary N) is 1. The predicted octanol–water partition coefficient (Wildman–Crippen LogP) is 2.91. The van der Waals surface area contributed by atoms with Crippen molar-refractivity contribution in [3.05, 3.63) is 64.6 Å². The van der Waals surface area contributed by atoms with E-state index in [0.717, 1.165) is 35.3 Å². The summed E-state index contributed by atoms with van der Waals surface area (Å²) in [6.45, 7) is 2.44. The fourth-order valence-corrected chi connectivity index (χ4v) is 4.40. The standard InChI is InChI=1S/C20H19N3O2/c1-11(24)15-9-21-10-16-14(15)8-18-19-13(6-7-23(18)20(16)25)12-4-2-3-5-17(12)22-19/h2-5,9-11,18,22,24H,6-8H2,1H3/t11-,18-/m1/s1. The second-order valence-electron chi connectivity index (χ2n) is 6.96. The van der Waals surface area contributed by atoms with Gasteiger partial charge in [0.15, 0.2) is 0 Å². The minimum atomic E-state index is -0.632. The summed E-state index contributed by atoms with van der Waals surface area (Å²) in [5.74, 6) is 0.0190. The van der Waals surface area contributed by atoms with Gasteiger partial charge in [-0.15, -0.1) is 0 Å². The molecular weight excluding hydrogens is 314 g/mol. The Morgan fingerprint density at radius 1 is 1.28 bits per heavy atom. The maximum absolute atomic E-state index is 13.0. The molecule has 0 saturated carbocycles. The van der Waals surface area contributed by atoms with Crippen molar-refractivity contribution < 1.29 is 9.90 Å². The number of hydrogen-bond donors (Lipinski definition) is 2. The van der Waals surface area contributed by atoms with Gasteiger partial charge in [-0.25, -0.2) is 0 Å². The number of H-pyrrole nitrogens is 1. The number of carbonyl (C=O) groups is 1. The molecule has 5 heteroatoms. The van der Waals surface area contributed by atoms with Gasteiger partial charge in [0, 0.05) is 41.1 Å². The van der Waals surface area contributed by atoms with Crippen molar-refractivity contribution in [2.24, 2.45) is 0 Å². The zero-order valence-corrected chi connectivity index (χ0v) is 14.0. The van der Waals surface area contributed by atoms with Crippen molar-refractivity contribution >= 4 is 16.8 Å². The number of aromatic amines is 1. The molecule has 0 aliphatic carbocycles. The highest BCUT2D eigenvalue weighted by molar-refractivity contribution is 5.98. The van der Waals surface area contributed by atoms with Gasteiger partial charge in [-0.3, -0.25) is 9.78 Å². The van der Waals surface area contributed by atoms with Crippen molar-refractivity contribution in [1.82, 2.24) is 14.9 Å². The van der Waals surface area contributed by atoms with Gasteiger partial charge in [0.2, 0.25) is 0 Å². The molecule has 5 nitrogen and oxygen atoms in total. The number of para-hydroxylation sites is 1. The fourth-order valence-electron chi connectivity index (χ4n) is 4.40. The summed E-state index contributed by atoms with van der Waals surface area (Å²) < 4.78 is 0. The van der Waals surface area contributed by atoms with E-state index in [1.807, 2.05) is 11.0 Å². The van der Waals surface area contributed by atoms with E-state index in [-0.39, 0.29) is 11.9 Å². The van der Waals surface area contributed by atoms with Gasteiger partial charge in [0.05, 0.1) is 17.7 Å². The molecule has 0 unspecified atom stereocenters. The maximum atomic E-state index is 13.0. The summed E-state index contributed by atoms with van der Waals surface area (Å²) in [4.78, 5) is 22.7. The van der Waals surface area contributed by atoms with E-state index in [1.165, 1.54) is 10.9 Å². The number of fused-ring (bicyclic) bond motifs is 6. The van der Waals surface area contributed by atoms with Crippen LogP contribution in [0.25, 0.3) is 10.9 Å². The third-order valence-corrected chi connectivity index (χ3v) is 5.59. The normalized spacial score (nSPS) is 20.2. The summed E-state index contributed by atoms with van der Waals surface area (Å²) in [6, 6.07) is 8.31. The highest BCUT2D eigenvalue weighted by Gasteiger charge is 2.39. The van der Waals surface area contributed by atoms with E-state index < -0.39 is 6.10 Å². The van der Waals surface area contributed by atoms with Gasteiger partial charge in [0.1, 0.15) is 0 Å². The summed E-state index contributed by atoms with van der Waals surface area (Å²) in [6.07, 6.45) is 4.26. The van der Waals surface area contributed by atoms with Crippen LogP contribution in [-0.4, -0.2) is 32.4 Å². The van der Waals surface area contributed by atoms with Crippen molar-refractivity contribution in [3.63, 3.8) is 0 Å². The van der Waals surface area contributed by atoms with E-state index in [1.54, 1.807) is 19.3 Å². The lowest BCUT2D eigenvalue weighted by Crippen LogP contribution is -2.44. The quantitative estimate of drug-likeness (QED) is 0.719. The summed E-state index contributed by atoms with van der Waals surface area (Å²) in [7, 11) is 0. The molecule has 2 aliphatic heterocycles. The maximum Gasteiger partial charge on any atom is 0.256 e. The molecule has 0 saturated heterocycles. The number of aliphatic hydroxyl groups is 1. The SMILES string of the molecule is C[C@@H](O)c1cncc2c1C[C@@H]1c3[nH]c4ccccc4c3CCN1C2=O. The van der Waals surface area contributed by atoms with Crippen LogP contribution < -0.4 is 0 Å². The van der Waals surface area contributed by atoms with E-state index in [2.05, 4.69) is 28.2 Å². The molecule has 4 heterocycles. The molecule has 2 atom stereocenters. The molecule has 1 amide bonds. The number of hydrogen-bond acceptors (Lipinski definition) is 3. The number of amides is 1. The molecule has 2 N–H and O–H groups in total. The van der Waals surface area contributed by atoms with E-state index in [0.29, 0.717) is 12.0 Å². The molecule has 25 heavy (non-hydrogen) atoms. The van der Waals surface area contributed by atoms with Crippen molar-refractivity contribution in [1.29, 1.82) is 0 Å². The molecule has 1 aromatic carbocycles. The molecule has 0 spiro atoms. The monoisotopic (exact) mass is 333 g/mol. The average Bonchev–Trinajstić information content (AvgIpc) is 3.00. The Bertz CT molecular complexity index is 1010. The van der Waals surface area contributed by atoms with Crippen LogP contribution in [0.4, 0.5) is 0 Å². The van der Waals surface area contributed by atoms with Crippen LogP contribution in [0.15, 0.2) is 36.7 Å². The largest absolute Gasteiger partial charge is 0.389 e. The van der Waals surface area contributed by atoms with Gasteiger partial charge >= 0.3 is 0 Å². The number of nitrogens with zero attached hydrogens (tertiary/aromatic N) is 2. The zero-order valence-electron chi connectivity index (χ0n) is 14.0. The first kappa shape index (κ1) is 14.7. The lowest BCUT2D eigenvalue weighted by atomic mass is 9.85. The Labute approximate surface area is 145 Å². The van der Waals surface area contributed by atoms with Gasteiger partial charge in [-0.1, -0.05) is 18.2 Å². The lowest BCUT2D eigenvalue weighted by molar-refractivity contribution is 0.0624. The molecule has 5 rings (SSSR count). The topological polar surface area (TPSA) is 69.2 Å². The van der Waals surface area contributed by atoms with E-state index >= 15 is 0 Å². The Kier molecular flexibility index (Phi) is 3.03. The predicted molar refractivity (Wildman–Crippen MR) is 94.4 cm³/mol. The Morgan fingerprint density at radius 2 is 2.12 bits per heavy atom. The molecule has 0 bridgehead atoms. The van der Waals surface area contributed by atoms with Crippen LogP contribution in [0, 0.1) is 0 Å². The third-order valence-electron chi connectivity index (χ3n) is 5.59. The second kappa shape index (κ2) is 5.17. The summed E-state index contributed by atoms with van der Waals surface area (Å²) in [5.41, 5.74) is 5.91. The highest BCUT2D eigenvalue weighted by atomic mass is 16.3. The van der Waals surface area contributed by atoms with Gasteiger partial charge < -0.3 is 15.0 Å². The number of aliphatic hydroxyl groups excluding tert-OH is 1. The number of pyridine rings is 1. The zero-order chi connectivity index (χ0) is 17.1. The summed E-state index contributed by atoms with van der Waals surface area (Å²) in [5, 5.41) is 11.3. The second-order valence-corrected chi connectivity index (χ2v) is 6.96. The number of rotatable bonds is 1. The third kappa shape index (κ3) is 1.99. The number of aromatic nitrogens is 2. The van der Waals surface area contributed by atoms with Crippen LogP contribution in [0.1, 0.15) is 51.8 Å². The van der Waals surface area contributed by atoms with Gasteiger partial charge in [-0.05, 0) is 37.0 Å². The highest BCUT2D eigenvalue weighted by Crippen LogP contribution is 2.41. The fraction of sp³-hybridized carbons (Fsp3) is 0.300. The molecular formula is C20H19N3O2. The van der Waals surface area contributed by atoms with Gasteiger partial charge in [0.25, 0.3) is 5.91 Å². The number of benzene rings is 1. The van der Waals surface area contributed by atoms with Crippen molar-refractivity contribution in [3.8, 4) is 0 Å². The van der Waals surface area contributed by atoms with Gasteiger partial charge in [-0.2, -0.15) is 0 Å². The molecule has 2 aliphatic rings. The molecule has 3 aromatic rings. The smallest absolute Gasteiger partial charge is 0.256 e. The van der Waals surface area contributed by atoms with Crippen LogP contribution in [0.2, 0.25) is 0 Å². The average molecular weight is 333 g/mol. The first-order chi connectivity index (χ1) is 12.1. The number of carbonyl (C=O) groups excluding carboxylic acids is 1. The van der Waals surface area contributed by atoms with Crippen molar-refractivity contribution in [2.45, 2.75) is 31.9 Å². The lowest BCUT2D eigenvalue weighted by Gasteiger charge is -2.40. The summed E-state index contributed by atoms with van der Waals surface area (Å²) >= 11 is 0. The van der Waals surface area contributed by atoms with E-state index in [9.17, 15) is 9.90 Å². The Balaban J connectivity index is 1.69. The van der Waals surface area contributed by atoms with Crippen LogP contribution in [0.5, 0.6) is 0 Å². The van der Waals surface area contributed by atoms with Crippen LogP contribution >= 0.6 is 0 Å². The molecule has 0 fully saturated rings. The first-order valence-corrected chi connectivity index (χ1v) is 8.70. The minimum Gasteiger partial charge on any atom is -0.389 e. The van der Waals surface area contributed by atoms with Crippen LogP contribution in [0.3, 0.4) is 0 Å². The van der Waals surface area contributed by atoms with E-state index in [4.69, 9.17) is 0 Å². The minimum absolute atomic E-state index is 0.00366. The molecule has 2 aromatic heterocycles. The Hall–Kier alpha value is -2.66. The first-order valence-electron chi connectivity index (χ1n) is 8.70. The Morgan fingerprint density at radius 3 is 2.96 bits per heavy atom.